The van der Waals surface area contributed by atoms with Gasteiger partial charge in [-0.25, -0.2) is 0 Å². The van der Waals surface area contributed by atoms with Crippen molar-refractivity contribution < 1.29 is 9.47 Å². The van der Waals surface area contributed by atoms with Crippen LogP contribution < -0.4 is 14.8 Å². The Labute approximate surface area is 163 Å². The third kappa shape index (κ3) is 3.98. The van der Waals surface area contributed by atoms with Crippen LogP contribution >= 0.6 is 0 Å². The lowest BCUT2D eigenvalue weighted by Gasteiger charge is -2.28. The maximum atomic E-state index is 6.24. The van der Waals surface area contributed by atoms with Crippen LogP contribution in [0.25, 0.3) is 0 Å². The standard InChI is InChI=1S/C24H31NO2/c1-3-24(13-14-25-15-19-10-11-19)17-27-23-21(12-9-18(2)22(23)24)26-16-20-7-5-4-6-8-20/h4-9,12,19,25H,3,10-11,13-17H2,1-2H3/t24-/m0/s1. The Morgan fingerprint density at radius 1 is 1.15 bits per heavy atom. The van der Waals surface area contributed by atoms with Crippen LogP contribution in [-0.2, 0) is 12.0 Å². The molecule has 2 aromatic rings. The van der Waals surface area contributed by atoms with Crippen molar-refractivity contribution in [1.82, 2.24) is 5.32 Å². The van der Waals surface area contributed by atoms with Crippen LogP contribution in [0.4, 0.5) is 0 Å². The van der Waals surface area contributed by atoms with Gasteiger partial charge in [0, 0.05) is 11.0 Å². The maximum absolute atomic E-state index is 6.24. The van der Waals surface area contributed by atoms with Crippen LogP contribution in [0.2, 0.25) is 0 Å². The molecule has 1 aliphatic carbocycles. The molecule has 0 saturated heterocycles. The number of benzene rings is 2. The number of ether oxygens (including phenoxy) is 2. The molecule has 1 heterocycles. The molecule has 0 unspecified atom stereocenters. The fraction of sp³-hybridized carbons (Fsp3) is 0.500. The van der Waals surface area contributed by atoms with E-state index in [0.717, 1.165) is 43.4 Å². The molecular weight excluding hydrogens is 334 g/mol. The molecule has 1 atom stereocenters. The van der Waals surface area contributed by atoms with E-state index in [0.29, 0.717) is 6.61 Å². The number of hydrogen-bond donors (Lipinski definition) is 1. The Hall–Kier alpha value is -2.00. The molecule has 1 saturated carbocycles. The van der Waals surface area contributed by atoms with Crippen LogP contribution in [0.15, 0.2) is 42.5 Å². The minimum absolute atomic E-state index is 0.0993. The van der Waals surface area contributed by atoms with Crippen molar-refractivity contribution in [3.8, 4) is 11.5 Å². The molecule has 0 aromatic heterocycles. The molecule has 2 aliphatic rings. The minimum Gasteiger partial charge on any atom is -0.488 e. The highest BCUT2D eigenvalue weighted by molar-refractivity contribution is 5.56. The molecule has 0 spiro atoms. The Balaban J connectivity index is 1.50. The van der Waals surface area contributed by atoms with Crippen LogP contribution in [-0.4, -0.2) is 19.7 Å². The average molecular weight is 366 g/mol. The Morgan fingerprint density at radius 3 is 2.70 bits per heavy atom. The molecule has 1 N–H and O–H groups in total. The molecule has 1 aliphatic heterocycles. The molecule has 0 radical (unpaired) electrons. The maximum Gasteiger partial charge on any atom is 0.165 e. The van der Waals surface area contributed by atoms with Gasteiger partial charge in [-0.3, -0.25) is 0 Å². The number of nitrogens with one attached hydrogen (secondary N) is 1. The Morgan fingerprint density at radius 2 is 1.96 bits per heavy atom. The summed E-state index contributed by atoms with van der Waals surface area (Å²) in [6.07, 6.45) is 5.01. The quantitative estimate of drug-likeness (QED) is 0.634. The summed E-state index contributed by atoms with van der Waals surface area (Å²) in [5.41, 5.74) is 3.96. The first-order chi connectivity index (χ1) is 13.2. The van der Waals surface area contributed by atoms with Crippen molar-refractivity contribution in [3.05, 3.63) is 59.2 Å². The second-order valence-electron chi connectivity index (χ2n) is 8.18. The zero-order valence-electron chi connectivity index (χ0n) is 16.6. The molecule has 2 aromatic carbocycles. The van der Waals surface area contributed by atoms with E-state index in [2.05, 4.69) is 43.4 Å². The summed E-state index contributed by atoms with van der Waals surface area (Å²) in [5, 5.41) is 3.66. The smallest absolute Gasteiger partial charge is 0.165 e. The highest BCUT2D eigenvalue weighted by Crippen LogP contribution is 2.49. The van der Waals surface area contributed by atoms with Crippen LogP contribution in [0.5, 0.6) is 11.5 Å². The van der Waals surface area contributed by atoms with Gasteiger partial charge < -0.3 is 14.8 Å². The van der Waals surface area contributed by atoms with Crippen LogP contribution in [0.3, 0.4) is 0 Å². The molecule has 144 valence electrons. The zero-order chi connectivity index (χ0) is 18.7. The lowest BCUT2D eigenvalue weighted by Crippen LogP contribution is -2.33. The predicted molar refractivity (Wildman–Crippen MR) is 110 cm³/mol. The van der Waals surface area contributed by atoms with Crippen molar-refractivity contribution in [3.63, 3.8) is 0 Å². The monoisotopic (exact) mass is 365 g/mol. The van der Waals surface area contributed by atoms with Crippen molar-refractivity contribution in [2.75, 3.05) is 19.7 Å². The molecule has 1 fully saturated rings. The van der Waals surface area contributed by atoms with Gasteiger partial charge in [-0.15, -0.1) is 0 Å². The highest BCUT2D eigenvalue weighted by atomic mass is 16.5. The largest absolute Gasteiger partial charge is 0.488 e. The van der Waals surface area contributed by atoms with Gasteiger partial charge in [-0.05, 0) is 68.8 Å². The second kappa shape index (κ2) is 7.93. The summed E-state index contributed by atoms with van der Waals surface area (Å²) in [5.74, 6) is 2.77. The summed E-state index contributed by atoms with van der Waals surface area (Å²) >= 11 is 0. The van der Waals surface area contributed by atoms with E-state index in [1.54, 1.807) is 0 Å². The third-order valence-electron chi connectivity index (χ3n) is 6.18. The van der Waals surface area contributed by atoms with Crippen LogP contribution in [0.1, 0.15) is 49.3 Å². The number of aryl methyl sites for hydroxylation is 1. The van der Waals surface area contributed by atoms with E-state index in [-0.39, 0.29) is 5.41 Å². The Kier molecular flexibility index (Phi) is 5.40. The van der Waals surface area contributed by atoms with Crippen molar-refractivity contribution >= 4 is 0 Å². The van der Waals surface area contributed by atoms with Crippen LogP contribution in [0, 0.1) is 12.8 Å². The van der Waals surface area contributed by atoms with Crippen molar-refractivity contribution in [2.24, 2.45) is 5.92 Å². The second-order valence-corrected chi connectivity index (χ2v) is 8.18. The minimum atomic E-state index is 0.0993. The molecule has 0 amide bonds. The van der Waals surface area contributed by atoms with Gasteiger partial charge in [0.05, 0.1) is 6.61 Å². The first kappa shape index (κ1) is 18.4. The summed E-state index contributed by atoms with van der Waals surface area (Å²) in [4.78, 5) is 0. The summed E-state index contributed by atoms with van der Waals surface area (Å²) in [7, 11) is 0. The van der Waals surface area contributed by atoms with Gasteiger partial charge in [0.2, 0.25) is 0 Å². The average Bonchev–Trinajstić information content (AvgIpc) is 3.45. The number of fused-ring (bicyclic) bond motifs is 1. The predicted octanol–water partition coefficient (Wildman–Crippen LogP) is 5.00. The molecular formula is C24H31NO2. The van der Waals surface area contributed by atoms with E-state index in [9.17, 15) is 0 Å². The lowest BCUT2D eigenvalue weighted by atomic mass is 9.75. The lowest BCUT2D eigenvalue weighted by molar-refractivity contribution is 0.232. The van der Waals surface area contributed by atoms with E-state index in [4.69, 9.17) is 9.47 Å². The summed E-state index contributed by atoms with van der Waals surface area (Å²) in [6, 6.07) is 14.6. The fourth-order valence-electron chi connectivity index (χ4n) is 4.20. The molecule has 4 rings (SSSR count). The van der Waals surface area contributed by atoms with E-state index < -0.39 is 0 Å². The third-order valence-corrected chi connectivity index (χ3v) is 6.18. The first-order valence-electron chi connectivity index (χ1n) is 10.4. The van der Waals surface area contributed by atoms with Gasteiger partial charge in [-0.2, -0.15) is 0 Å². The first-order valence-corrected chi connectivity index (χ1v) is 10.4. The normalized spacial score (nSPS) is 21.0. The topological polar surface area (TPSA) is 30.5 Å². The SMILES string of the molecule is CC[C@]1(CCNCC2CC2)COc2c(OCc3ccccc3)ccc(C)c21. The van der Waals surface area contributed by atoms with E-state index >= 15 is 0 Å². The van der Waals surface area contributed by atoms with Crippen molar-refractivity contribution in [2.45, 2.75) is 51.6 Å². The number of rotatable bonds is 9. The molecule has 27 heavy (non-hydrogen) atoms. The zero-order valence-corrected chi connectivity index (χ0v) is 16.6. The molecule has 3 heteroatoms. The Bertz CT molecular complexity index is 769. The summed E-state index contributed by atoms with van der Waals surface area (Å²) < 4.78 is 12.4. The van der Waals surface area contributed by atoms with Gasteiger partial charge >= 0.3 is 0 Å². The fourth-order valence-corrected chi connectivity index (χ4v) is 4.20. The molecule has 0 bridgehead atoms. The molecule has 3 nitrogen and oxygen atoms in total. The van der Waals surface area contributed by atoms with Gasteiger partial charge in [0.1, 0.15) is 6.61 Å². The highest BCUT2D eigenvalue weighted by Gasteiger charge is 2.41. The summed E-state index contributed by atoms with van der Waals surface area (Å²) in [6.45, 7) is 8.06. The van der Waals surface area contributed by atoms with Crippen molar-refractivity contribution in [1.29, 1.82) is 0 Å². The van der Waals surface area contributed by atoms with E-state index in [1.165, 1.54) is 36.1 Å². The van der Waals surface area contributed by atoms with E-state index in [1.807, 2.05) is 18.2 Å². The van der Waals surface area contributed by atoms with Gasteiger partial charge in [0.15, 0.2) is 11.5 Å². The number of hydrogen-bond acceptors (Lipinski definition) is 3. The van der Waals surface area contributed by atoms with Gasteiger partial charge in [0.25, 0.3) is 0 Å². The van der Waals surface area contributed by atoms with Gasteiger partial charge in [-0.1, -0.05) is 43.3 Å².